The average molecular weight is 291 g/mol. The Morgan fingerprint density at radius 3 is 2.44 bits per heavy atom. The Kier molecular flexibility index (Phi) is 7.35. The second-order valence-electron chi connectivity index (χ2n) is 3.35. The van der Waals surface area contributed by atoms with Gasteiger partial charge in [0.05, 0.1) is 13.7 Å². The number of halogens is 2. The Bertz CT molecular complexity index is 458. The van der Waals surface area contributed by atoms with Gasteiger partial charge in [0.15, 0.2) is 5.82 Å². The molecule has 0 amide bonds. The topological polar surface area (TPSA) is 52.0 Å². The first kappa shape index (κ1) is 16.7. The lowest BCUT2D eigenvalue weighted by Gasteiger charge is -2.06. The Morgan fingerprint density at radius 2 is 1.89 bits per heavy atom. The summed E-state index contributed by atoms with van der Waals surface area (Å²) in [5.41, 5.74) is 1.02. The summed E-state index contributed by atoms with van der Waals surface area (Å²) in [5, 5.41) is 11.0. The third-order valence-corrected chi connectivity index (χ3v) is 2.30. The van der Waals surface area contributed by atoms with Gasteiger partial charge in [-0.3, -0.25) is 4.57 Å². The fourth-order valence-corrected chi connectivity index (χ4v) is 1.50. The summed E-state index contributed by atoms with van der Waals surface area (Å²) in [5.74, 6) is 1.72. The number of hydrogen-bond donors (Lipinski definition) is 1. The van der Waals surface area contributed by atoms with E-state index in [1.165, 1.54) is 0 Å². The predicted octanol–water partition coefficient (Wildman–Crippen LogP) is 1.84. The van der Waals surface area contributed by atoms with E-state index >= 15 is 0 Å². The van der Waals surface area contributed by atoms with E-state index in [-0.39, 0.29) is 24.8 Å². The number of nitrogens with one attached hydrogen (secondary N) is 1. The molecule has 100 valence electrons. The zero-order valence-corrected chi connectivity index (χ0v) is 11.8. The Hall–Kier alpha value is -1.30. The lowest BCUT2D eigenvalue weighted by Crippen LogP contribution is -2.11. The highest BCUT2D eigenvalue weighted by atomic mass is 35.5. The number of hydrogen-bond acceptors (Lipinski definition) is 4. The SMILES string of the molecule is CNCc1nncn1-c1ccc(OC)cc1.Cl.Cl. The van der Waals surface area contributed by atoms with E-state index in [0.29, 0.717) is 6.54 Å². The molecule has 0 radical (unpaired) electrons. The lowest BCUT2D eigenvalue weighted by atomic mass is 10.3. The maximum atomic E-state index is 5.11. The fraction of sp³-hybridized carbons (Fsp3) is 0.273. The Morgan fingerprint density at radius 1 is 1.22 bits per heavy atom. The lowest BCUT2D eigenvalue weighted by molar-refractivity contribution is 0.414. The molecule has 0 saturated heterocycles. The highest BCUT2D eigenvalue weighted by Gasteiger charge is 2.04. The summed E-state index contributed by atoms with van der Waals surface area (Å²) in [6.45, 7) is 0.687. The van der Waals surface area contributed by atoms with Crippen molar-refractivity contribution >= 4 is 24.8 Å². The molecule has 7 heteroatoms. The predicted molar refractivity (Wildman–Crippen MR) is 75.2 cm³/mol. The first-order valence-electron chi connectivity index (χ1n) is 5.03. The average Bonchev–Trinajstić information content (AvgIpc) is 2.78. The van der Waals surface area contributed by atoms with Crippen molar-refractivity contribution in [3.8, 4) is 11.4 Å². The first-order valence-corrected chi connectivity index (χ1v) is 5.03. The normalized spacial score (nSPS) is 9.22. The molecular formula is C11H16Cl2N4O. The van der Waals surface area contributed by atoms with Crippen LogP contribution in [0, 0.1) is 0 Å². The van der Waals surface area contributed by atoms with E-state index < -0.39 is 0 Å². The molecule has 2 aromatic rings. The van der Waals surface area contributed by atoms with E-state index in [1.54, 1.807) is 13.4 Å². The van der Waals surface area contributed by atoms with Crippen LogP contribution in [0.4, 0.5) is 0 Å². The second-order valence-corrected chi connectivity index (χ2v) is 3.35. The van der Waals surface area contributed by atoms with Gasteiger partial charge in [-0.05, 0) is 31.3 Å². The van der Waals surface area contributed by atoms with Crippen molar-refractivity contribution in [3.63, 3.8) is 0 Å². The molecule has 0 bridgehead atoms. The summed E-state index contributed by atoms with van der Waals surface area (Å²) < 4.78 is 7.05. The van der Waals surface area contributed by atoms with Crippen molar-refractivity contribution in [1.82, 2.24) is 20.1 Å². The van der Waals surface area contributed by atoms with E-state index in [9.17, 15) is 0 Å². The van der Waals surface area contributed by atoms with Gasteiger partial charge in [0.25, 0.3) is 0 Å². The zero-order valence-electron chi connectivity index (χ0n) is 10.2. The molecule has 0 aliphatic rings. The van der Waals surface area contributed by atoms with Crippen LogP contribution in [0.2, 0.25) is 0 Å². The molecule has 1 N–H and O–H groups in total. The molecule has 0 saturated carbocycles. The number of benzene rings is 1. The van der Waals surface area contributed by atoms with Gasteiger partial charge in [-0.25, -0.2) is 0 Å². The number of rotatable bonds is 4. The van der Waals surface area contributed by atoms with Gasteiger partial charge in [0.2, 0.25) is 0 Å². The van der Waals surface area contributed by atoms with Gasteiger partial charge in [0.1, 0.15) is 12.1 Å². The Labute approximate surface area is 118 Å². The largest absolute Gasteiger partial charge is 0.497 e. The van der Waals surface area contributed by atoms with Crippen LogP contribution in [0.15, 0.2) is 30.6 Å². The Balaban J connectivity index is 0.00000144. The van der Waals surface area contributed by atoms with Crippen molar-refractivity contribution in [3.05, 3.63) is 36.4 Å². The van der Waals surface area contributed by atoms with Gasteiger partial charge in [-0.15, -0.1) is 35.0 Å². The van der Waals surface area contributed by atoms with Crippen molar-refractivity contribution in [2.75, 3.05) is 14.2 Å². The maximum Gasteiger partial charge on any atom is 0.151 e. The molecule has 5 nitrogen and oxygen atoms in total. The number of aromatic nitrogens is 3. The molecule has 0 spiro atoms. The van der Waals surface area contributed by atoms with Gasteiger partial charge >= 0.3 is 0 Å². The fourth-order valence-electron chi connectivity index (χ4n) is 1.50. The van der Waals surface area contributed by atoms with E-state index in [0.717, 1.165) is 17.3 Å². The third kappa shape index (κ3) is 3.60. The second kappa shape index (κ2) is 7.92. The summed E-state index contributed by atoms with van der Waals surface area (Å²) in [6, 6.07) is 7.78. The van der Waals surface area contributed by atoms with Crippen LogP contribution in [0.5, 0.6) is 5.75 Å². The van der Waals surface area contributed by atoms with Crippen LogP contribution in [0.25, 0.3) is 5.69 Å². The quantitative estimate of drug-likeness (QED) is 0.934. The van der Waals surface area contributed by atoms with Gasteiger partial charge in [-0.1, -0.05) is 0 Å². The maximum absolute atomic E-state index is 5.11. The summed E-state index contributed by atoms with van der Waals surface area (Å²) in [6.07, 6.45) is 1.70. The monoisotopic (exact) mass is 290 g/mol. The minimum Gasteiger partial charge on any atom is -0.497 e. The molecule has 2 rings (SSSR count). The number of nitrogens with zero attached hydrogens (tertiary/aromatic N) is 3. The van der Waals surface area contributed by atoms with Crippen LogP contribution in [0.3, 0.4) is 0 Å². The van der Waals surface area contributed by atoms with Crippen LogP contribution < -0.4 is 10.1 Å². The summed E-state index contributed by atoms with van der Waals surface area (Å²) in [7, 11) is 3.53. The first-order chi connectivity index (χ1) is 7.85. The number of ether oxygens (including phenoxy) is 1. The van der Waals surface area contributed by atoms with Crippen molar-refractivity contribution in [1.29, 1.82) is 0 Å². The number of methoxy groups -OCH3 is 1. The standard InChI is InChI=1S/C11H14N4O.2ClH/c1-12-7-11-14-13-8-15(11)9-3-5-10(16-2)6-4-9;;/h3-6,8,12H,7H2,1-2H3;2*1H. The van der Waals surface area contributed by atoms with Crippen molar-refractivity contribution in [2.45, 2.75) is 6.54 Å². The van der Waals surface area contributed by atoms with Gasteiger partial charge < -0.3 is 10.1 Å². The van der Waals surface area contributed by atoms with E-state index in [4.69, 9.17) is 4.74 Å². The van der Waals surface area contributed by atoms with Gasteiger partial charge in [0, 0.05) is 5.69 Å². The molecule has 0 aliphatic heterocycles. The van der Waals surface area contributed by atoms with Crippen LogP contribution >= 0.6 is 24.8 Å². The molecule has 0 fully saturated rings. The highest BCUT2D eigenvalue weighted by Crippen LogP contribution is 2.15. The smallest absolute Gasteiger partial charge is 0.151 e. The van der Waals surface area contributed by atoms with Crippen LogP contribution in [0.1, 0.15) is 5.82 Å². The highest BCUT2D eigenvalue weighted by molar-refractivity contribution is 5.85. The molecule has 18 heavy (non-hydrogen) atoms. The minimum atomic E-state index is 0. The van der Waals surface area contributed by atoms with Crippen LogP contribution in [-0.4, -0.2) is 28.9 Å². The molecule has 1 heterocycles. The molecule has 1 aromatic heterocycles. The molecule has 0 unspecified atom stereocenters. The third-order valence-electron chi connectivity index (χ3n) is 2.30. The van der Waals surface area contributed by atoms with E-state index in [1.807, 2.05) is 35.9 Å². The summed E-state index contributed by atoms with van der Waals surface area (Å²) in [4.78, 5) is 0. The molecule has 0 atom stereocenters. The van der Waals surface area contributed by atoms with Crippen molar-refractivity contribution in [2.24, 2.45) is 0 Å². The van der Waals surface area contributed by atoms with E-state index in [2.05, 4.69) is 15.5 Å². The van der Waals surface area contributed by atoms with Crippen molar-refractivity contribution < 1.29 is 4.74 Å². The molecule has 0 aliphatic carbocycles. The summed E-state index contributed by atoms with van der Waals surface area (Å²) >= 11 is 0. The molecule has 1 aromatic carbocycles. The van der Waals surface area contributed by atoms with Crippen LogP contribution in [-0.2, 0) is 6.54 Å². The minimum absolute atomic E-state index is 0. The zero-order chi connectivity index (χ0) is 11.4. The van der Waals surface area contributed by atoms with Gasteiger partial charge in [-0.2, -0.15) is 0 Å². The molecular weight excluding hydrogens is 275 g/mol.